The van der Waals surface area contributed by atoms with Crippen LogP contribution in [0.1, 0.15) is 106 Å². The van der Waals surface area contributed by atoms with Gasteiger partial charge in [-0.2, -0.15) is 10.2 Å². The highest BCUT2D eigenvalue weighted by molar-refractivity contribution is 6.03. The van der Waals surface area contributed by atoms with Crippen LogP contribution in [0.5, 0.6) is 0 Å². The standard InChI is InChI=1S/C31H40N4O2/c36-30(34-32-28-20-12-8-16-24-14-6-10-18-26(24)28)22-4-2-1-3-5-23-31(37)35-33-29-21-13-9-17-25-15-7-11-19-27(25)29/h6-7,10-11,14-15,18-19H,1-5,8-9,12-13,16-17,20-23H2,(H,34,36)(H,35,37). The van der Waals surface area contributed by atoms with E-state index >= 15 is 0 Å². The Kier molecular flexibility index (Phi) is 10.5. The zero-order valence-electron chi connectivity index (χ0n) is 21.9. The van der Waals surface area contributed by atoms with Crippen molar-refractivity contribution in [1.29, 1.82) is 0 Å². The second-order valence-electron chi connectivity index (χ2n) is 10.2. The molecule has 2 aliphatic carbocycles. The van der Waals surface area contributed by atoms with E-state index in [1.165, 1.54) is 22.3 Å². The van der Waals surface area contributed by atoms with Gasteiger partial charge in [-0.1, -0.05) is 67.8 Å². The molecule has 2 N–H and O–H groups in total. The van der Waals surface area contributed by atoms with E-state index in [1.807, 2.05) is 12.1 Å². The average Bonchev–Trinajstić information content (AvgIpc) is 3.26. The number of nitrogens with zero attached hydrogens (tertiary/aromatic N) is 2. The van der Waals surface area contributed by atoms with Gasteiger partial charge in [-0.05, 0) is 75.3 Å². The number of hydrogen-bond donors (Lipinski definition) is 2. The van der Waals surface area contributed by atoms with Crippen molar-refractivity contribution in [2.24, 2.45) is 10.2 Å². The zero-order valence-corrected chi connectivity index (χ0v) is 21.9. The molecule has 37 heavy (non-hydrogen) atoms. The number of carbonyl (C=O) groups is 2. The SMILES string of the molecule is O=C(CCCCCCCC(=O)NN=C1CCCCc2ccccc21)NN=C1CCCCc2ccccc21. The van der Waals surface area contributed by atoms with Crippen LogP contribution in [0.2, 0.25) is 0 Å². The first kappa shape index (κ1) is 26.8. The summed E-state index contributed by atoms with van der Waals surface area (Å²) >= 11 is 0. The van der Waals surface area contributed by atoms with E-state index in [-0.39, 0.29) is 11.8 Å². The summed E-state index contributed by atoms with van der Waals surface area (Å²) in [6.45, 7) is 0. The molecule has 0 fully saturated rings. The van der Waals surface area contributed by atoms with Crippen molar-refractivity contribution < 1.29 is 9.59 Å². The van der Waals surface area contributed by atoms with Gasteiger partial charge in [-0.3, -0.25) is 9.59 Å². The molecule has 0 atom stereocenters. The van der Waals surface area contributed by atoms with Crippen LogP contribution in [0.25, 0.3) is 0 Å². The predicted molar refractivity (Wildman–Crippen MR) is 150 cm³/mol. The number of rotatable bonds is 10. The maximum Gasteiger partial charge on any atom is 0.240 e. The number of carbonyl (C=O) groups excluding carboxylic acids is 2. The monoisotopic (exact) mass is 500 g/mol. The van der Waals surface area contributed by atoms with Gasteiger partial charge in [0.2, 0.25) is 11.8 Å². The lowest BCUT2D eigenvalue weighted by molar-refractivity contribution is -0.121. The van der Waals surface area contributed by atoms with Gasteiger partial charge in [0.05, 0.1) is 11.4 Å². The number of amides is 2. The number of nitrogens with one attached hydrogen (secondary N) is 2. The van der Waals surface area contributed by atoms with Gasteiger partial charge in [0.25, 0.3) is 0 Å². The van der Waals surface area contributed by atoms with E-state index in [4.69, 9.17) is 0 Å². The Balaban J connectivity index is 1.09. The van der Waals surface area contributed by atoms with Crippen LogP contribution in [0, 0.1) is 0 Å². The van der Waals surface area contributed by atoms with Crippen LogP contribution in [-0.2, 0) is 22.4 Å². The minimum atomic E-state index is -0.0206. The van der Waals surface area contributed by atoms with Crippen LogP contribution in [0.4, 0.5) is 0 Å². The molecular formula is C31H40N4O2. The third-order valence-corrected chi connectivity index (χ3v) is 7.31. The van der Waals surface area contributed by atoms with Gasteiger partial charge in [0, 0.05) is 24.0 Å². The number of aryl methyl sites for hydroxylation is 2. The molecule has 0 aromatic heterocycles. The summed E-state index contributed by atoms with van der Waals surface area (Å²) < 4.78 is 0. The van der Waals surface area contributed by atoms with E-state index < -0.39 is 0 Å². The first-order valence-electron chi connectivity index (χ1n) is 14.1. The van der Waals surface area contributed by atoms with Gasteiger partial charge in [0.15, 0.2) is 0 Å². The van der Waals surface area contributed by atoms with Crippen molar-refractivity contribution in [2.45, 2.75) is 96.3 Å². The molecule has 2 aromatic rings. The molecule has 2 amide bonds. The summed E-state index contributed by atoms with van der Waals surface area (Å²) in [5.41, 5.74) is 12.5. The maximum atomic E-state index is 12.3. The van der Waals surface area contributed by atoms with Crippen molar-refractivity contribution in [1.82, 2.24) is 10.9 Å². The Morgan fingerprint density at radius 2 is 0.973 bits per heavy atom. The van der Waals surface area contributed by atoms with Crippen LogP contribution >= 0.6 is 0 Å². The Hall–Kier alpha value is -3.28. The second-order valence-corrected chi connectivity index (χ2v) is 10.2. The first-order chi connectivity index (χ1) is 18.2. The van der Waals surface area contributed by atoms with Crippen LogP contribution in [-0.4, -0.2) is 23.2 Å². The molecule has 6 nitrogen and oxygen atoms in total. The molecule has 2 aliphatic rings. The highest BCUT2D eigenvalue weighted by atomic mass is 16.2. The van der Waals surface area contributed by atoms with E-state index in [2.05, 4.69) is 57.5 Å². The molecule has 196 valence electrons. The van der Waals surface area contributed by atoms with Crippen LogP contribution in [0.15, 0.2) is 58.7 Å². The minimum absolute atomic E-state index is 0.0206. The third kappa shape index (κ3) is 8.38. The molecule has 0 unspecified atom stereocenters. The Bertz CT molecular complexity index is 1030. The highest BCUT2D eigenvalue weighted by Gasteiger charge is 2.15. The molecule has 0 saturated carbocycles. The number of benzene rings is 2. The molecular weight excluding hydrogens is 460 g/mol. The summed E-state index contributed by atoms with van der Waals surface area (Å²) in [6.07, 6.45) is 14.1. The molecule has 0 heterocycles. The molecule has 0 aliphatic heterocycles. The fourth-order valence-corrected chi connectivity index (χ4v) is 5.23. The Morgan fingerprint density at radius 3 is 1.46 bits per heavy atom. The molecule has 0 saturated heterocycles. The number of unbranched alkanes of at least 4 members (excludes halogenated alkanes) is 4. The summed E-state index contributed by atoms with van der Waals surface area (Å²) in [4.78, 5) is 24.6. The number of fused-ring (bicyclic) bond motifs is 2. The third-order valence-electron chi connectivity index (χ3n) is 7.31. The first-order valence-corrected chi connectivity index (χ1v) is 14.1. The minimum Gasteiger partial charge on any atom is -0.273 e. The van der Waals surface area contributed by atoms with Gasteiger partial charge in [-0.15, -0.1) is 0 Å². The largest absolute Gasteiger partial charge is 0.273 e. The second kappa shape index (κ2) is 14.5. The number of hydrazone groups is 2. The van der Waals surface area contributed by atoms with Crippen molar-refractivity contribution in [3.8, 4) is 0 Å². The quantitative estimate of drug-likeness (QED) is 0.231. The normalized spacial score (nSPS) is 17.4. The van der Waals surface area contributed by atoms with E-state index in [9.17, 15) is 9.59 Å². The van der Waals surface area contributed by atoms with Crippen LogP contribution < -0.4 is 10.9 Å². The van der Waals surface area contributed by atoms with Crippen molar-refractivity contribution in [2.75, 3.05) is 0 Å². The van der Waals surface area contributed by atoms with Crippen molar-refractivity contribution >= 4 is 23.2 Å². The highest BCUT2D eigenvalue weighted by Crippen LogP contribution is 2.22. The smallest absolute Gasteiger partial charge is 0.240 e. The van der Waals surface area contributed by atoms with E-state index in [0.29, 0.717) is 12.8 Å². The van der Waals surface area contributed by atoms with E-state index in [1.54, 1.807) is 0 Å². The lowest BCUT2D eigenvalue weighted by Crippen LogP contribution is -2.20. The molecule has 0 bridgehead atoms. The maximum absolute atomic E-state index is 12.3. The molecule has 0 radical (unpaired) electrons. The van der Waals surface area contributed by atoms with Gasteiger partial charge < -0.3 is 0 Å². The van der Waals surface area contributed by atoms with E-state index in [0.717, 1.165) is 94.9 Å². The van der Waals surface area contributed by atoms with Gasteiger partial charge in [-0.25, -0.2) is 10.9 Å². The fraction of sp³-hybridized carbons (Fsp3) is 0.484. The summed E-state index contributed by atoms with van der Waals surface area (Å²) in [5.74, 6) is -0.0411. The lowest BCUT2D eigenvalue weighted by atomic mass is 10.0. The average molecular weight is 501 g/mol. The molecule has 2 aromatic carbocycles. The van der Waals surface area contributed by atoms with Gasteiger partial charge in [0.1, 0.15) is 0 Å². The topological polar surface area (TPSA) is 82.9 Å². The van der Waals surface area contributed by atoms with Crippen molar-refractivity contribution in [3.63, 3.8) is 0 Å². The zero-order chi connectivity index (χ0) is 25.7. The van der Waals surface area contributed by atoms with Crippen LogP contribution in [0.3, 0.4) is 0 Å². The summed E-state index contributed by atoms with van der Waals surface area (Å²) in [7, 11) is 0. The molecule has 4 rings (SSSR count). The summed E-state index contributed by atoms with van der Waals surface area (Å²) in [6, 6.07) is 16.7. The Labute approximate surface area is 221 Å². The van der Waals surface area contributed by atoms with Gasteiger partial charge >= 0.3 is 0 Å². The number of hydrogen-bond acceptors (Lipinski definition) is 4. The molecule has 6 heteroatoms. The summed E-state index contributed by atoms with van der Waals surface area (Å²) in [5, 5.41) is 8.93. The molecule has 0 spiro atoms. The predicted octanol–water partition coefficient (Wildman–Crippen LogP) is 6.21. The lowest BCUT2D eigenvalue weighted by Gasteiger charge is -2.08. The van der Waals surface area contributed by atoms with Crippen molar-refractivity contribution in [3.05, 3.63) is 70.8 Å². The fourth-order valence-electron chi connectivity index (χ4n) is 5.23. The Morgan fingerprint density at radius 1 is 0.568 bits per heavy atom.